The maximum Gasteiger partial charge on any atom is 0.433 e. The lowest BCUT2D eigenvalue weighted by Crippen LogP contribution is -2.60. The minimum absolute atomic E-state index is 0.0510. The van der Waals surface area contributed by atoms with Gasteiger partial charge in [0, 0.05) is 115 Å². The summed E-state index contributed by atoms with van der Waals surface area (Å²) in [5.74, 6) is 1.41. The quantitative estimate of drug-likeness (QED) is 0.0546. The number of rotatable bonds is 18. The van der Waals surface area contributed by atoms with Crippen molar-refractivity contribution in [3.8, 4) is 0 Å². The predicted molar refractivity (Wildman–Crippen MR) is 440 cm³/mol. The van der Waals surface area contributed by atoms with Gasteiger partial charge >= 0.3 is 39.7 Å². The van der Waals surface area contributed by atoms with Crippen LogP contribution in [0.4, 0.5) is 39.5 Å². The van der Waals surface area contributed by atoms with E-state index in [1.807, 2.05) is 120 Å². The Morgan fingerprint density at radius 1 is 0.342 bits per heavy atom. The number of hydrogen-bond acceptors (Lipinski definition) is 15. The van der Waals surface area contributed by atoms with Crippen molar-refractivity contribution < 1.29 is 69.0 Å². The third-order valence-electron chi connectivity index (χ3n) is 24.7. The molecule has 6 aliphatic heterocycles. The molecule has 0 saturated carbocycles. The Balaban J connectivity index is 0.000000185. The molecule has 6 saturated heterocycles. The number of piperidine rings is 3. The number of halogens is 9. The van der Waals surface area contributed by atoms with Gasteiger partial charge in [-0.3, -0.25) is 44.0 Å². The Morgan fingerprint density at radius 2 is 0.564 bits per heavy atom. The molecule has 6 aliphatic rings. The minimum atomic E-state index is -4.49. The number of nitrogens with zero attached hydrogens (tertiary/aromatic N) is 12. The van der Waals surface area contributed by atoms with Crippen LogP contribution in [0.25, 0.3) is 0 Å². The highest BCUT2D eigenvalue weighted by Gasteiger charge is 2.46. The van der Waals surface area contributed by atoms with Crippen molar-refractivity contribution in [1.29, 1.82) is 0 Å². The minimum Gasteiger partial charge on any atom is -0.437 e. The summed E-state index contributed by atoms with van der Waals surface area (Å²) in [6.07, 6.45) is -2.56. The van der Waals surface area contributed by atoms with E-state index in [4.69, 9.17) is 0 Å². The molecule has 30 heteroatoms. The number of carbonyl (C=O) groups excluding carboxylic acids is 3. The molecule has 117 heavy (non-hydrogen) atoms. The molecule has 3 amide bonds. The molecule has 3 unspecified atom stereocenters. The van der Waals surface area contributed by atoms with Crippen LogP contribution in [0.1, 0.15) is 189 Å². The van der Waals surface area contributed by atoms with Gasteiger partial charge in [-0.15, -0.1) is 0 Å². The molecule has 3 aromatic heterocycles. The van der Waals surface area contributed by atoms with Crippen molar-refractivity contribution in [2.45, 2.75) is 195 Å². The zero-order valence-electron chi connectivity index (χ0n) is 70.1. The van der Waals surface area contributed by atoms with Crippen LogP contribution in [0, 0.1) is 34.0 Å². The molecule has 3 aromatic carbocycles. The summed E-state index contributed by atoms with van der Waals surface area (Å²) in [5.41, 5.74) is 1.77. The molecule has 12 rings (SSSR count). The smallest absolute Gasteiger partial charge is 0.433 e. The van der Waals surface area contributed by atoms with E-state index in [1.165, 1.54) is 36.8 Å². The lowest BCUT2D eigenvalue weighted by atomic mass is 9.80. The third-order valence-corrected chi connectivity index (χ3v) is 24.7. The Kier molecular flexibility index (Phi) is 31.1. The van der Waals surface area contributed by atoms with Crippen LogP contribution in [0.15, 0.2) is 146 Å². The van der Waals surface area contributed by atoms with E-state index in [0.29, 0.717) is 113 Å². The van der Waals surface area contributed by atoms with Gasteiger partial charge in [0.25, 0.3) is 0 Å². The highest BCUT2D eigenvalue weighted by atomic mass is 19.4. The topological polar surface area (TPSA) is 180 Å². The maximum atomic E-state index is 13.6. The number of benzene rings is 3. The summed E-state index contributed by atoms with van der Waals surface area (Å²) in [6, 6.07) is 36.1. The molecular formula is C87H120B3F9N12O6. The van der Waals surface area contributed by atoms with Crippen molar-refractivity contribution in [3.05, 3.63) is 196 Å². The average Bonchev–Trinajstić information content (AvgIpc) is 0.783. The van der Waals surface area contributed by atoms with Gasteiger partial charge in [-0.25, -0.2) is 0 Å². The van der Waals surface area contributed by atoms with Crippen LogP contribution >= 0.6 is 0 Å². The molecule has 0 bridgehead atoms. The number of pyridine rings is 3. The van der Waals surface area contributed by atoms with Crippen molar-refractivity contribution in [1.82, 2.24) is 58.8 Å². The fraction of sp³-hybridized carbons (Fsp3) is 0.586. The summed E-state index contributed by atoms with van der Waals surface area (Å²) in [4.78, 5) is 71.1. The van der Waals surface area contributed by atoms with E-state index >= 15 is 0 Å². The molecule has 9 heterocycles. The molecule has 0 radical (unpaired) electrons. The first kappa shape index (κ1) is 92.0. The van der Waals surface area contributed by atoms with Gasteiger partial charge in [-0.1, -0.05) is 172 Å². The number of piperazine rings is 3. The van der Waals surface area contributed by atoms with Crippen LogP contribution in [-0.2, 0) is 32.9 Å². The molecule has 6 fully saturated rings. The van der Waals surface area contributed by atoms with Crippen LogP contribution in [-0.4, -0.2) is 229 Å². The fourth-order valence-corrected chi connectivity index (χ4v) is 17.9. The molecular weight excluding hydrogens is 1510 g/mol. The number of hydrogen-bond donors (Lipinski definition) is 3. The van der Waals surface area contributed by atoms with Gasteiger partial charge in [-0.05, 0) is 184 Å². The highest BCUT2D eigenvalue weighted by molar-refractivity contribution is 6.45. The SMILES string of the molecule is CB(O)N1CCC(CC(=O)N2CCN(C(c3ccccc3)c3ccc(C(F)(F)F)nc3)C[C@@H]2C(C)(C)C)CC1.CB(O)N1CCC(CC(=O)N2CCN(C(c3ccccc3)c3ccc(C(F)(F)F)nc3)C[C@@H]2C(C)(C)C)CC1.CB(O)N1CCC(CC(=O)N2CCN(C(c3ccccc3)c3ccc(C(F)(F)F)nc3)C[C@@H]2C(C)(C)C)CC1. The molecule has 0 aliphatic carbocycles. The normalized spacial score (nSPS) is 21.1. The average molecular weight is 1630 g/mol. The lowest BCUT2D eigenvalue weighted by Gasteiger charge is -2.49. The van der Waals surface area contributed by atoms with E-state index in [1.54, 1.807) is 20.5 Å². The Hall–Kier alpha value is -7.28. The van der Waals surface area contributed by atoms with Gasteiger partial charge < -0.3 is 44.2 Å². The second-order valence-electron chi connectivity index (χ2n) is 36.2. The zero-order chi connectivity index (χ0) is 85.1. The van der Waals surface area contributed by atoms with Gasteiger partial charge in [0.2, 0.25) is 17.7 Å². The summed E-state index contributed by atoms with van der Waals surface area (Å²) >= 11 is 0. The standard InChI is InChI=1S/3C29H40BF3N4O2/c3*1-28(2,3)25-20-35(16-17-37(25)26(38)18-21-12-14-36(15-13-21)30(4)39)27(22-8-6-5-7-9-22)23-10-11-24(34-19-23)29(31,32)33/h3*5-11,19,21,25,27,39H,12-18,20H2,1-4H3/t3*25-,27?/m111/s1. The highest BCUT2D eigenvalue weighted by Crippen LogP contribution is 2.42. The predicted octanol–water partition coefficient (Wildman–Crippen LogP) is 14.9. The first-order chi connectivity index (χ1) is 55.0. The first-order valence-electron chi connectivity index (χ1n) is 41.6. The largest absolute Gasteiger partial charge is 0.437 e. The van der Waals surface area contributed by atoms with E-state index in [-0.39, 0.29) is 70.2 Å². The van der Waals surface area contributed by atoms with Gasteiger partial charge in [-0.2, -0.15) is 39.5 Å². The van der Waals surface area contributed by atoms with Crippen molar-refractivity contribution in [3.63, 3.8) is 0 Å². The molecule has 0 spiro atoms. The van der Waals surface area contributed by atoms with Gasteiger partial charge in [0.15, 0.2) is 0 Å². The van der Waals surface area contributed by atoms with E-state index in [9.17, 15) is 69.0 Å². The lowest BCUT2D eigenvalue weighted by molar-refractivity contribution is -0.142. The van der Waals surface area contributed by atoms with E-state index in [2.05, 4.69) is 92.0 Å². The summed E-state index contributed by atoms with van der Waals surface area (Å²) in [6.45, 7) is 34.7. The monoisotopic (exact) mass is 1630 g/mol. The van der Waals surface area contributed by atoms with E-state index in [0.717, 1.165) is 113 Å². The van der Waals surface area contributed by atoms with Crippen LogP contribution in [0.3, 0.4) is 0 Å². The summed E-state index contributed by atoms with van der Waals surface area (Å²) < 4.78 is 119. The zero-order valence-corrected chi connectivity index (χ0v) is 70.1. The number of aromatic nitrogens is 3. The Labute approximate surface area is 687 Å². The van der Waals surface area contributed by atoms with Crippen LogP contribution in [0.5, 0.6) is 0 Å². The fourth-order valence-electron chi connectivity index (χ4n) is 17.9. The van der Waals surface area contributed by atoms with Crippen LogP contribution < -0.4 is 0 Å². The molecule has 6 atom stereocenters. The molecule has 3 N–H and O–H groups in total. The van der Waals surface area contributed by atoms with Crippen molar-refractivity contribution in [2.24, 2.45) is 34.0 Å². The van der Waals surface area contributed by atoms with Gasteiger partial charge in [0.1, 0.15) is 17.1 Å². The second kappa shape index (κ2) is 39.5. The van der Waals surface area contributed by atoms with Crippen molar-refractivity contribution >= 4 is 38.9 Å². The second-order valence-corrected chi connectivity index (χ2v) is 36.2. The summed E-state index contributed by atoms with van der Waals surface area (Å²) in [5, 5.41) is 29.5. The Morgan fingerprint density at radius 3 is 0.744 bits per heavy atom. The van der Waals surface area contributed by atoms with Crippen molar-refractivity contribution in [2.75, 3.05) is 98.2 Å². The number of amides is 3. The van der Waals surface area contributed by atoms with Crippen LogP contribution in [0.2, 0.25) is 20.5 Å². The van der Waals surface area contributed by atoms with E-state index < -0.39 is 56.8 Å². The molecule has 636 valence electrons. The molecule has 6 aromatic rings. The van der Waals surface area contributed by atoms with Gasteiger partial charge in [0.05, 0.1) is 18.1 Å². The Bertz CT molecular complexity index is 3670. The maximum absolute atomic E-state index is 13.6. The first-order valence-corrected chi connectivity index (χ1v) is 41.6. The summed E-state index contributed by atoms with van der Waals surface area (Å²) in [7, 11) is -1.38. The third kappa shape index (κ3) is 24.7. The molecule has 18 nitrogen and oxygen atoms in total. The number of carbonyl (C=O) groups is 3. The number of alkyl halides is 9.